The van der Waals surface area contributed by atoms with Crippen molar-refractivity contribution in [2.24, 2.45) is 0 Å². The van der Waals surface area contributed by atoms with E-state index in [9.17, 15) is 5.11 Å². The van der Waals surface area contributed by atoms with Crippen molar-refractivity contribution in [3.05, 3.63) is 16.1 Å². The molecule has 0 saturated heterocycles. The molecule has 0 atom stereocenters. The Hall–Kier alpha value is -0.233. The Bertz CT molecular complexity index is 402. The lowest BCUT2D eigenvalue weighted by atomic mass is 10.2. The molecule has 0 saturated carbocycles. The van der Waals surface area contributed by atoms with Crippen LogP contribution in [-0.2, 0) is 16.6 Å². The highest BCUT2D eigenvalue weighted by atomic mass is 32.1. The van der Waals surface area contributed by atoms with Crippen molar-refractivity contribution in [1.29, 1.82) is 0 Å². The minimum Gasteiger partial charge on any atom is -0.411 e. The van der Waals surface area contributed by atoms with E-state index in [-0.39, 0.29) is 5.04 Å². The molecule has 1 aromatic heterocycles. The van der Waals surface area contributed by atoms with Crippen LogP contribution < -0.4 is 0 Å². The van der Waals surface area contributed by atoms with Crippen molar-refractivity contribution in [2.75, 3.05) is 0 Å². The SMILES string of the molecule is CC(C)(O)c1nc(CO[Si](C)(C)C(C)(C)C)cs1. The first-order chi connectivity index (χ1) is 7.93. The van der Waals surface area contributed by atoms with Gasteiger partial charge in [-0.15, -0.1) is 11.3 Å². The summed E-state index contributed by atoms with van der Waals surface area (Å²) >= 11 is 1.49. The first kappa shape index (κ1) is 15.8. The molecule has 0 fully saturated rings. The summed E-state index contributed by atoms with van der Waals surface area (Å²) in [5.41, 5.74) is 0.0573. The van der Waals surface area contributed by atoms with Gasteiger partial charge in [0.05, 0.1) is 12.3 Å². The normalized spacial score (nSPS) is 14.0. The molecule has 104 valence electrons. The van der Waals surface area contributed by atoms with Crippen LogP contribution in [0.2, 0.25) is 18.1 Å². The lowest BCUT2D eigenvalue weighted by Crippen LogP contribution is -2.40. The average molecular weight is 288 g/mol. The number of thiazole rings is 1. The number of aliphatic hydroxyl groups is 1. The fourth-order valence-electron chi connectivity index (χ4n) is 1.13. The van der Waals surface area contributed by atoms with Gasteiger partial charge in [-0.3, -0.25) is 0 Å². The summed E-state index contributed by atoms with van der Waals surface area (Å²) < 4.78 is 6.11. The Morgan fingerprint density at radius 1 is 1.28 bits per heavy atom. The van der Waals surface area contributed by atoms with E-state index in [2.05, 4.69) is 38.8 Å². The zero-order chi connectivity index (χ0) is 14.2. The molecule has 0 unspecified atom stereocenters. The van der Waals surface area contributed by atoms with Gasteiger partial charge in [-0.25, -0.2) is 4.98 Å². The van der Waals surface area contributed by atoms with Gasteiger partial charge >= 0.3 is 0 Å². The maximum atomic E-state index is 9.88. The summed E-state index contributed by atoms with van der Waals surface area (Å²) in [7, 11) is -1.72. The van der Waals surface area contributed by atoms with E-state index in [0.717, 1.165) is 10.7 Å². The summed E-state index contributed by atoms with van der Waals surface area (Å²) in [5, 5.41) is 12.8. The number of rotatable bonds is 4. The van der Waals surface area contributed by atoms with Crippen molar-refractivity contribution in [3.8, 4) is 0 Å². The number of aromatic nitrogens is 1. The van der Waals surface area contributed by atoms with Gasteiger partial charge in [-0.05, 0) is 32.0 Å². The van der Waals surface area contributed by atoms with Gasteiger partial charge in [-0.2, -0.15) is 0 Å². The molecule has 0 amide bonds. The van der Waals surface area contributed by atoms with E-state index in [4.69, 9.17) is 4.43 Å². The van der Waals surface area contributed by atoms with Crippen LogP contribution >= 0.6 is 11.3 Å². The summed E-state index contributed by atoms with van der Waals surface area (Å²) in [4.78, 5) is 4.43. The minimum absolute atomic E-state index is 0.210. The second-order valence-corrected chi connectivity index (χ2v) is 12.4. The first-order valence-electron chi connectivity index (χ1n) is 6.25. The highest BCUT2D eigenvalue weighted by Crippen LogP contribution is 2.37. The zero-order valence-electron chi connectivity index (χ0n) is 12.5. The molecule has 0 aliphatic carbocycles. The lowest BCUT2D eigenvalue weighted by Gasteiger charge is -2.35. The Labute approximate surface area is 115 Å². The predicted molar refractivity (Wildman–Crippen MR) is 79.3 cm³/mol. The molecule has 0 aliphatic heterocycles. The van der Waals surface area contributed by atoms with Crippen LogP contribution in [0.5, 0.6) is 0 Å². The van der Waals surface area contributed by atoms with Gasteiger partial charge in [0.1, 0.15) is 10.6 Å². The van der Waals surface area contributed by atoms with Crippen molar-refractivity contribution in [3.63, 3.8) is 0 Å². The fraction of sp³-hybridized carbons (Fsp3) is 0.769. The summed E-state index contributed by atoms with van der Waals surface area (Å²) in [6.45, 7) is 15.2. The topological polar surface area (TPSA) is 42.4 Å². The standard InChI is InChI=1S/C13H25NO2SSi/c1-12(2,3)18(6,7)16-8-10-9-17-11(14-10)13(4,5)15/h9,15H,8H2,1-7H3. The van der Waals surface area contributed by atoms with Crippen LogP contribution in [0.3, 0.4) is 0 Å². The number of hydrogen-bond donors (Lipinski definition) is 1. The number of nitrogens with zero attached hydrogens (tertiary/aromatic N) is 1. The maximum Gasteiger partial charge on any atom is 0.192 e. The second kappa shape index (κ2) is 5.04. The Morgan fingerprint density at radius 2 is 1.83 bits per heavy atom. The Balaban J connectivity index is 2.68. The second-order valence-electron chi connectivity index (χ2n) is 6.75. The molecule has 1 rings (SSSR count). The summed E-state index contributed by atoms with van der Waals surface area (Å²) in [5.74, 6) is 0. The molecule has 0 aliphatic rings. The third-order valence-corrected chi connectivity index (χ3v) is 9.14. The molecule has 1 heterocycles. The van der Waals surface area contributed by atoms with Crippen molar-refractivity contribution >= 4 is 19.7 Å². The molecule has 0 aromatic carbocycles. The number of hydrogen-bond acceptors (Lipinski definition) is 4. The highest BCUT2D eigenvalue weighted by molar-refractivity contribution is 7.09. The van der Waals surface area contributed by atoms with E-state index < -0.39 is 13.9 Å². The van der Waals surface area contributed by atoms with E-state index in [1.165, 1.54) is 11.3 Å². The third kappa shape index (κ3) is 3.88. The van der Waals surface area contributed by atoms with E-state index in [1.807, 2.05) is 5.38 Å². The first-order valence-corrected chi connectivity index (χ1v) is 10.0. The van der Waals surface area contributed by atoms with Gasteiger partial charge in [-0.1, -0.05) is 20.8 Å². The van der Waals surface area contributed by atoms with E-state index >= 15 is 0 Å². The Kier molecular flexibility index (Phi) is 4.43. The lowest BCUT2D eigenvalue weighted by molar-refractivity contribution is 0.0779. The maximum absolute atomic E-state index is 9.88. The van der Waals surface area contributed by atoms with Gasteiger partial charge in [0.2, 0.25) is 0 Å². The van der Waals surface area contributed by atoms with E-state index in [0.29, 0.717) is 6.61 Å². The van der Waals surface area contributed by atoms with Crippen molar-refractivity contribution in [2.45, 2.75) is 65.0 Å². The van der Waals surface area contributed by atoms with E-state index in [1.54, 1.807) is 13.8 Å². The minimum atomic E-state index is -1.72. The highest BCUT2D eigenvalue weighted by Gasteiger charge is 2.37. The molecule has 1 N–H and O–H groups in total. The predicted octanol–water partition coefficient (Wildman–Crippen LogP) is 3.89. The molecule has 18 heavy (non-hydrogen) atoms. The van der Waals surface area contributed by atoms with Crippen LogP contribution in [0.4, 0.5) is 0 Å². The van der Waals surface area contributed by atoms with Crippen LogP contribution in [0.25, 0.3) is 0 Å². The van der Waals surface area contributed by atoms with Crippen LogP contribution in [0.15, 0.2) is 5.38 Å². The largest absolute Gasteiger partial charge is 0.411 e. The molecular weight excluding hydrogens is 262 g/mol. The monoisotopic (exact) mass is 287 g/mol. The van der Waals surface area contributed by atoms with Gasteiger partial charge in [0.25, 0.3) is 0 Å². The van der Waals surface area contributed by atoms with Crippen molar-refractivity contribution < 1.29 is 9.53 Å². The average Bonchev–Trinajstić information content (AvgIpc) is 2.60. The molecule has 0 radical (unpaired) electrons. The third-order valence-electron chi connectivity index (χ3n) is 3.46. The quantitative estimate of drug-likeness (QED) is 0.854. The fourth-order valence-corrected chi connectivity index (χ4v) is 2.89. The molecule has 0 bridgehead atoms. The molecule has 3 nitrogen and oxygen atoms in total. The van der Waals surface area contributed by atoms with Crippen LogP contribution in [0.1, 0.15) is 45.3 Å². The van der Waals surface area contributed by atoms with Gasteiger partial charge in [0.15, 0.2) is 8.32 Å². The molecule has 0 spiro atoms. The summed E-state index contributed by atoms with van der Waals surface area (Å²) in [6.07, 6.45) is 0. The Morgan fingerprint density at radius 3 is 2.22 bits per heavy atom. The molecule has 5 heteroatoms. The van der Waals surface area contributed by atoms with Crippen LogP contribution in [0, 0.1) is 0 Å². The van der Waals surface area contributed by atoms with Gasteiger partial charge in [0, 0.05) is 5.38 Å². The van der Waals surface area contributed by atoms with Crippen LogP contribution in [-0.4, -0.2) is 18.4 Å². The van der Waals surface area contributed by atoms with Gasteiger partial charge < -0.3 is 9.53 Å². The molecular formula is C13H25NO2SSi. The summed E-state index contributed by atoms with van der Waals surface area (Å²) in [6, 6.07) is 0. The zero-order valence-corrected chi connectivity index (χ0v) is 14.3. The smallest absolute Gasteiger partial charge is 0.192 e. The molecule has 1 aromatic rings. The van der Waals surface area contributed by atoms with Crippen molar-refractivity contribution in [1.82, 2.24) is 4.98 Å².